The van der Waals surface area contributed by atoms with E-state index in [-0.39, 0.29) is 17.7 Å². The zero-order valence-corrected chi connectivity index (χ0v) is 19.8. The number of ether oxygens (including phenoxy) is 1. The molecule has 1 saturated heterocycles. The number of rotatable bonds is 9. The van der Waals surface area contributed by atoms with E-state index in [9.17, 15) is 8.78 Å². The average Bonchev–Trinajstić information content (AvgIpc) is 2.85. The van der Waals surface area contributed by atoms with Crippen LogP contribution < -0.4 is 0 Å². The third kappa shape index (κ3) is 7.21. The van der Waals surface area contributed by atoms with Crippen molar-refractivity contribution in [3.05, 3.63) is 112 Å². The van der Waals surface area contributed by atoms with Crippen LogP contribution in [0.4, 0.5) is 8.78 Å². The van der Waals surface area contributed by atoms with Crippen molar-refractivity contribution in [2.24, 2.45) is 0 Å². The smallest absolute Gasteiger partial charge is 0.123 e. The molecule has 6 heteroatoms. The van der Waals surface area contributed by atoms with Gasteiger partial charge >= 0.3 is 0 Å². The fourth-order valence-corrected chi connectivity index (χ4v) is 4.19. The zero-order chi connectivity index (χ0) is 23.8. The molecule has 0 atom stereocenters. The lowest BCUT2D eigenvalue weighted by Gasteiger charge is -2.34. The first-order valence-corrected chi connectivity index (χ1v) is 11.9. The van der Waals surface area contributed by atoms with Gasteiger partial charge in [-0.05, 0) is 53.1 Å². The summed E-state index contributed by atoms with van der Waals surface area (Å²) in [5.74, 6) is -0.579. The molecule has 0 bridgehead atoms. The summed E-state index contributed by atoms with van der Waals surface area (Å²) in [4.78, 5) is 4.83. The maximum absolute atomic E-state index is 13.4. The normalized spacial score (nSPS) is 15.4. The topological polar surface area (TPSA) is 15.7 Å². The first-order chi connectivity index (χ1) is 16.6. The van der Waals surface area contributed by atoms with Crippen LogP contribution in [0.2, 0.25) is 5.02 Å². The van der Waals surface area contributed by atoms with Gasteiger partial charge in [-0.2, -0.15) is 0 Å². The number of halogens is 3. The Morgan fingerprint density at radius 2 is 1.29 bits per heavy atom. The van der Waals surface area contributed by atoms with Gasteiger partial charge in [0.1, 0.15) is 17.7 Å². The minimum Gasteiger partial charge on any atom is -0.367 e. The average molecular weight is 483 g/mol. The van der Waals surface area contributed by atoms with Crippen LogP contribution in [0.1, 0.15) is 22.8 Å². The zero-order valence-electron chi connectivity index (χ0n) is 19.0. The second-order valence-corrected chi connectivity index (χ2v) is 8.89. The molecule has 3 nitrogen and oxygen atoms in total. The lowest BCUT2D eigenvalue weighted by atomic mass is 10.0. The van der Waals surface area contributed by atoms with E-state index in [2.05, 4.69) is 22.0 Å². The first-order valence-electron chi connectivity index (χ1n) is 11.6. The quantitative estimate of drug-likeness (QED) is 0.369. The van der Waals surface area contributed by atoms with Gasteiger partial charge in [0.2, 0.25) is 0 Å². The molecular formula is C28H29ClF2N2O. The van der Waals surface area contributed by atoms with E-state index in [0.717, 1.165) is 61.0 Å². The van der Waals surface area contributed by atoms with Crippen LogP contribution in [0.5, 0.6) is 0 Å². The number of benzene rings is 3. The van der Waals surface area contributed by atoms with Gasteiger partial charge in [0.25, 0.3) is 0 Å². The van der Waals surface area contributed by atoms with Crippen molar-refractivity contribution >= 4 is 17.7 Å². The molecular weight excluding hydrogens is 454 g/mol. The number of piperazine rings is 1. The molecule has 4 rings (SSSR count). The predicted octanol–water partition coefficient (Wildman–Crippen LogP) is 6.06. The highest BCUT2D eigenvalue weighted by atomic mass is 35.5. The third-order valence-corrected chi connectivity index (χ3v) is 6.30. The molecule has 178 valence electrons. The monoisotopic (exact) mass is 482 g/mol. The molecule has 0 saturated carbocycles. The molecule has 34 heavy (non-hydrogen) atoms. The Morgan fingerprint density at radius 1 is 0.765 bits per heavy atom. The maximum atomic E-state index is 13.4. The summed E-state index contributed by atoms with van der Waals surface area (Å²) in [6, 6.07) is 20.4. The highest BCUT2D eigenvalue weighted by molar-refractivity contribution is 6.30. The molecule has 0 radical (unpaired) electrons. The first kappa shape index (κ1) is 24.6. The Balaban J connectivity index is 1.24. The SMILES string of the molecule is Fc1ccc(C(OCCN2CCN(CC=Cc3ccc(Cl)cc3)CC2)c2ccc(F)cc2)cc1. The minimum absolute atomic E-state index is 0.289. The van der Waals surface area contributed by atoms with E-state index in [1.807, 2.05) is 24.3 Å². The molecule has 1 heterocycles. The highest BCUT2D eigenvalue weighted by Crippen LogP contribution is 2.26. The van der Waals surface area contributed by atoms with Gasteiger partial charge in [-0.3, -0.25) is 9.80 Å². The van der Waals surface area contributed by atoms with Crippen molar-refractivity contribution in [1.82, 2.24) is 9.80 Å². The molecule has 1 fully saturated rings. The summed E-state index contributed by atoms with van der Waals surface area (Å²) in [5.41, 5.74) is 2.85. The van der Waals surface area contributed by atoms with Gasteiger partial charge in [-0.25, -0.2) is 8.78 Å². The Bertz CT molecular complexity index is 1000. The maximum Gasteiger partial charge on any atom is 0.123 e. The van der Waals surface area contributed by atoms with Gasteiger partial charge in [0.05, 0.1) is 6.61 Å². The summed E-state index contributed by atoms with van der Waals surface area (Å²) in [6.45, 7) is 6.24. The second kappa shape index (κ2) is 12.2. The van der Waals surface area contributed by atoms with Gasteiger partial charge in [-0.1, -0.05) is 60.2 Å². The van der Waals surface area contributed by atoms with Crippen molar-refractivity contribution in [1.29, 1.82) is 0 Å². The van der Waals surface area contributed by atoms with Crippen LogP contribution in [0.25, 0.3) is 6.08 Å². The molecule has 0 spiro atoms. The summed E-state index contributed by atoms with van der Waals surface area (Å²) in [7, 11) is 0. The van der Waals surface area contributed by atoms with Crippen LogP contribution in [0.3, 0.4) is 0 Å². The predicted molar refractivity (Wildman–Crippen MR) is 134 cm³/mol. The van der Waals surface area contributed by atoms with E-state index >= 15 is 0 Å². The minimum atomic E-state index is -0.361. The van der Waals surface area contributed by atoms with Crippen molar-refractivity contribution in [3.8, 4) is 0 Å². The molecule has 0 unspecified atom stereocenters. The third-order valence-electron chi connectivity index (χ3n) is 6.05. The van der Waals surface area contributed by atoms with Crippen molar-refractivity contribution < 1.29 is 13.5 Å². The largest absolute Gasteiger partial charge is 0.367 e. The van der Waals surface area contributed by atoms with Crippen LogP contribution in [-0.2, 0) is 4.74 Å². The van der Waals surface area contributed by atoms with E-state index < -0.39 is 0 Å². The van der Waals surface area contributed by atoms with Crippen molar-refractivity contribution in [2.75, 3.05) is 45.9 Å². The molecule has 0 amide bonds. The number of hydrogen-bond acceptors (Lipinski definition) is 3. The second-order valence-electron chi connectivity index (χ2n) is 8.45. The van der Waals surface area contributed by atoms with Crippen LogP contribution in [-0.4, -0.2) is 55.7 Å². The van der Waals surface area contributed by atoms with Gasteiger partial charge < -0.3 is 4.74 Å². The van der Waals surface area contributed by atoms with Gasteiger partial charge in [0.15, 0.2) is 0 Å². The van der Waals surface area contributed by atoms with Crippen LogP contribution >= 0.6 is 11.6 Å². The Labute approximate surface area is 205 Å². The van der Waals surface area contributed by atoms with Crippen LogP contribution in [0, 0.1) is 11.6 Å². The van der Waals surface area contributed by atoms with Gasteiger partial charge in [-0.15, -0.1) is 0 Å². The van der Waals surface area contributed by atoms with Crippen molar-refractivity contribution in [3.63, 3.8) is 0 Å². The highest BCUT2D eigenvalue weighted by Gasteiger charge is 2.18. The molecule has 0 aromatic heterocycles. The molecule has 1 aliphatic heterocycles. The lowest BCUT2D eigenvalue weighted by Crippen LogP contribution is -2.47. The molecule has 0 aliphatic carbocycles. The van der Waals surface area contributed by atoms with Gasteiger partial charge in [0, 0.05) is 44.3 Å². The van der Waals surface area contributed by atoms with E-state index in [1.165, 1.54) is 24.3 Å². The van der Waals surface area contributed by atoms with Crippen molar-refractivity contribution in [2.45, 2.75) is 6.10 Å². The Hall–Kier alpha value is -2.57. The summed E-state index contributed by atoms with van der Waals surface area (Å²) >= 11 is 5.93. The van der Waals surface area contributed by atoms with E-state index in [1.54, 1.807) is 24.3 Å². The summed E-state index contributed by atoms with van der Waals surface area (Å²) in [6.07, 6.45) is 3.96. The number of nitrogens with zero attached hydrogens (tertiary/aromatic N) is 2. The lowest BCUT2D eigenvalue weighted by molar-refractivity contribution is 0.0467. The fraction of sp³-hybridized carbons (Fsp3) is 0.286. The standard InChI is InChI=1S/C28H29ClF2N2O/c29-25-9-3-22(4-10-25)2-1-15-32-16-18-33(19-17-32)20-21-34-28(23-5-11-26(30)12-6-23)24-7-13-27(31)14-8-24/h1-14,28H,15-21H2. The molecule has 3 aromatic rings. The van der Waals surface area contributed by atoms with E-state index in [4.69, 9.17) is 16.3 Å². The van der Waals surface area contributed by atoms with E-state index in [0.29, 0.717) is 6.61 Å². The summed E-state index contributed by atoms with van der Waals surface area (Å²) in [5, 5.41) is 0.749. The molecule has 3 aromatic carbocycles. The molecule has 0 N–H and O–H groups in total. The summed E-state index contributed by atoms with van der Waals surface area (Å²) < 4.78 is 33.0. The number of hydrogen-bond donors (Lipinski definition) is 0. The Kier molecular flexibility index (Phi) is 8.83. The van der Waals surface area contributed by atoms with Crippen LogP contribution in [0.15, 0.2) is 78.9 Å². The molecule has 1 aliphatic rings. The Morgan fingerprint density at radius 3 is 1.85 bits per heavy atom. The fourth-order valence-electron chi connectivity index (χ4n) is 4.07.